The minimum absolute atomic E-state index is 0.112. The van der Waals surface area contributed by atoms with Crippen molar-refractivity contribution in [1.29, 1.82) is 0 Å². The van der Waals surface area contributed by atoms with Crippen molar-refractivity contribution in [1.82, 2.24) is 4.90 Å². The third-order valence-corrected chi connectivity index (χ3v) is 3.43. The van der Waals surface area contributed by atoms with Gasteiger partial charge in [-0.1, -0.05) is 0 Å². The quantitative estimate of drug-likeness (QED) is 0.840. The molecule has 0 spiro atoms. The molecule has 5 nitrogen and oxygen atoms in total. The van der Waals surface area contributed by atoms with Gasteiger partial charge in [-0.15, -0.1) is 0 Å². The molecule has 0 radical (unpaired) electrons. The molecule has 19 heavy (non-hydrogen) atoms. The summed E-state index contributed by atoms with van der Waals surface area (Å²) in [6, 6.07) is 5.50. The SMILES string of the molecule is COc1cc(OC[C@H]2CCCN2C(C)=O)ccc1N. The molecule has 1 aliphatic heterocycles. The summed E-state index contributed by atoms with van der Waals surface area (Å²) in [5.74, 6) is 1.43. The molecular weight excluding hydrogens is 244 g/mol. The molecule has 0 aromatic heterocycles. The summed E-state index contributed by atoms with van der Waals surface area (Å²) in [5, 5.41) is 0. The smallest absolute Gasteiger partial charge is 0.219 e. The standard InChI is InChI=1S/C14H20N2O3/c1-10(17)16-7-3-4-11(16)9-19-12-5-6-13(15)14(8-12)18-2/h5-6,8,11H,3-4,7,9,15H2,1-2H3/t11-/m1/s1. The van der Waals surface area contributed by atoms with E-state index in [1.54, 1.807) is 26.2 Å². The van der Waals surface area contributed by atoms with Gasteiger partial charge in [-0.3, -0.25) is 4.79 Å². The van der Waals surface area contributed by atoms with E-state index in [0.29, 0.717) is 23.8 Å². The van der Waals surface area contributed by atoms with E-state index in [4.69, 9.17) is 15.2 Å². The van der Waals surface area contributed by atoms with Crippen LogP contribution in [0.4, 0.5) is 5.69 Å². The van der Waals surface area contributed by atoms with Crippen molar-refractivity contribution < 1.29 is 14.3 Å². The first kappa shape index (κ1) is 13.5. The summed E-state index contributed by atoms with van der Waals surface area (Å²) in [5.41, 5.74) is 6.33. The molecule has 2 N–H and O–H groups in total. The van der Waals surface area contributed by atoms with Crippen LogP contribution in [0, 0.1) is 0 Å². The van der Waals surface area contributed by atoms with Gasteiger partial charge in [0, 0.05) is 19.5 Å². The number of ether oxygens (including phenoxy) is 2. The summed E-state index contributed by atoms with van der Waals surface area (Å²) in [6.07, 6.45) is 2.03. The number of nitrogens with zero attached hydrogens (tertiary/aromatic N) is 1. The second-order valence-corrected chi connectivity index (χ2v) is 4.72. The molecule has 1 aromatic rings. The van der Waals surface area contributed by atoms with Gasteiger partial charge in [0.1, 0.15) is 18.1 Å². The number of carbonyl (C=O) groups excluding carboxylic acids is 1. The highest BCUT2D eigenvalue weighted by Crippen LogP contribution is 2.27. The lowest BCUT2D eigenvalue weighted by molar-refractivity contribution is -0.130. The third kappa shape index (κ3) is 3.10. The Morgan fingerprint density at radius 2 is 2.32 bits per heavy atom. The second-order valence-electron chi connectivity index (χ2n) is 4.72. The molecule has 0 bridgehead atoms. The monoisotopic (exact) mass is 264 g/mol. The van der Waals surface area contributed by atoms with E-state index in [1.807, 2.05) is 11.0 Å². The van der Waals surface area contributed by atoms with Crippen LogP contribution in [-0.2, 0) is 4.79 Å². The molecule has 1 heterocycles. The minimum atomic E-state index is 0.112. The largest absolute Gasteiger partial charge is 0.494 e. The Hall–Kier alpha value is -1.91. The predicted molar refractivity (Wildman–Crippen MR) is 73.3 cm³/mol. The zero-order valence-corrected chi connectivity index (χ0v) is 11.4. The maximum atomic E-state index is 11.4. The Morgan fingerprint density at radius 3 is 3.00 bits per heavy atom. The first-order valence-corrected chi connectivity index (χ1v) is 6.45. The molecule has 0 aliphatic carbocycles. The van der Waals surface area contributed by atoms with Crippen LogP contribution in [0.15, 0.2) is 18.2 Å². The number of carbonyl (C=O) groups is 1. The number of nitrogen functional groups attached to an aromatic ring is 1. The summed E-state index contributed by atoms with van der Waals surface area (Å²) in [6.45, 7) is 2.94. The fourth-order valence-electron chi connectivity index (χ4n) is 2.40. The lowest BCUT2D eigenvalue weighted by atomic mass is 10.2. The summed E-state index contributed by atoms with van der Waals surface area (Å²) < 4.78 is 10.9. The molecule has 1 saturated heterocycles. The minimum Gasteiger partial charge on any atom is -0.494 e. The van der Waals surface area contributed by atoms with Crippen LogP contribution < -0.4 is 15.2 Å². The summed E-state index contributed by atoms with van der Waals surface area (Å²) in [4.78, 5) is 13.3. The maximum Gasteiger partial charge on any atom is 0.219 e. The van der Waals surface area contributed by atoms with E-state index in [-0.39, 0.29) is 11.9 Å². The summed E-state index contributed by atoms with van der Waals surface area (Å²) >= 11 is 0. The van der Waals surface area contributed by atoms with Gasteiger partial charge in [-0.25, -0.2) is 0 Å². The highest BCUT2D eigenvalue weighted by atomic mass is 16.5. The van der Waals surface area contributed by atoms with Gasteiger partial charge in [0.25, 0.3) is 0 Å². The number of amides is 1. The molecule has 1 aromatic carbocycles. The molecule has 1 aliphatic rings. The topological polar surface area (TPSA) is 64.8 Å². The van der Waals surface area contributed by atoms with E-state index in [0.717, 1.165) is 19.4 Å². The lowest BCUT2D eigenvalue weighted by Gasteiger charge is -2.23. The van der Waals surface area contributed by atoms with Gasteiger partial charge in [0.15, 0.2) is 0 Å². The van der Waals surface area contributed by atoms with Crippen LogP contribution in [0.1, 0.15) is 19.8 Å². The van der Waals surface area contributed by atoms with Crippen molar-refractivity contribution in [2.45, 2.75) is 25.8 Å². The van der Waals surface area contributed by atoms with Crippen molar-refractivity contribution in [2.75, 3.05) is 26.0 Å². The number of likely N-dealkylation sites (tertiary alicyclic amines) is 1. The lowest BCUT2D eigenvalue weighted by Crippen LogP contribution is -2.37. The molecule has 0 saturated carbocycles. The van der Waals surface area contributed by atoms with Crippen LogP contribution in [0.3, 0.4) is 0 Å². The van der Waals surface area contributed by atoms with E-state index in [9.17, 15) is 4.79 Å². The van der Waals surface area contributed by atoms with Crippen LogP contribution in [-0.4, -0.2) is 37.1 Å². The van der Waals surface area contributed by atoms with Gasteiger partial charge in [-0.05, 0) is 25.0 Å². The zero-order chi connectivity index (χ0) is 13.8. The number of rotatable bonds is 4. The number of hydrogen-bond acceptors (Lipinski definition) is 4. The fourth-order valence-corrected chi connectivity index (χ4v) is 2.40. The molecule has 104 valence electrons. The Morgan fingerprint density at radius 1 is 1.53 bits per heavy atom. The van der Waals surface area contributed by atoms with Crippen LogP contribution >= 0.6 is 0 Å². The number of hydrogen-bond donors (Lipinski definition) is 1. The normalized spacial score (nSPS) is 18.4. The summed E-state index contributed by atoms with van der Waals surface area (Å²) in [7, 11) is 1.57. The third-order valence-electron chi connectivity index (χ3n) is 3.43. The molecule has 1 fully saturated rings. The van der Waals surface area contributed by atoms with Crippen LogP contribution in [0.2, 0.25) is 0 Å². The average molecular weight is 264 g/mol. The highest BCUT2D eigenvalue weighted by molar-refractivity contribution is 5.73. The first-order chi connectivity index (χ1) is 9.11. The average Bonchev–Trinajstić information content (AvgIpc) is 2.86. The number of benzene rings is 1. The number of anilines is 1. The predicted octanol–water partition coefficient (Wildman–Crippen LogP) is 1.67. The molecule has 5 heteroatoms. The van der Waals surface area contributed by atoms with E-state index in [1.165, 1.54) is 0 Å². The number of methoxy groups -OCH3 is 1. The van der Waals surface area contributed by atoms with E-state index < -0.39 is 0 Å². The molecule has 1 amide bonds. The Bertz CT molecular complexity index is 462. The van der Waals surface area contributed by atoms with Gasteiger partial charge in [0.05, 0.1) is 18.8 Å². The van der Waals surface area contributed by atoms with Crippen molar-refractivity contribution in [3.8, 4) is 11.5 Å². The van der Waals surface area contributed by atoms with Gasteiger partial charge < -0.3 is 20.1 Å². The van der Waals surface area contributed by atoms with Crippen molar-refractivity contribution in [2.24, 2.45) is 0 Å². The van der Waals surface area contributed by atoms with E-state index in [2.05, 4.69) is 0 Å². The molecule has 0 unspecified atom stereocenters. The van der Waals surface area contributed by atoms with Gasteiger partial charge in [-0.2, -0.15) is 0 Å². The zero-order valence-electron chi connectivity index (χ0n) is 11.4. The van der Waals surface area contributed by atoms with Crippen LogP contribution in [0.25, 0.3) is 0 Å². The van der Waals surface area contributed by atoms with E-state index >= 15 is 0 Å². The molecule has 1 atom stereocenters. The van der Waals surface area contributed by atoms with Crippen molar-refractivity contribution in [3.05, 3.63) is 18.2 Å². The Kier molecular flexibility index (Phi) is 4.14. The fraction of sp³-hybridized carbons (Fsp3) is 0.500. The molecular formula is C14H20N2O3. The van der Waals surface area contributed by atoms with Crippen molar-refractivity contribution in [3.63, 3.8) is 0 Å². The van der Waals surface area contributed by atoms with Crippen LogP contribution in [0.5, 0.6) is 11.5 Å². The maximum absolute atomic E-state index is 11.4. The Balaban J connectivity index is 1.97. The second kappa shape index (κ2) is 5.82. The van der Waals surface area contributed by atoms with Gasteiger partial charge in [0.2, 0.25) is 5.91 Å². The Labute approximate surface area is 113 Å². The number of nitrogens with two attached hydrogens (primary N) is 1. The van der Waals surface area contributed by atoms with Gasteiger partial charge >= 0.3 is 0 Å². The highest BCUT2D eigenvalue weighted by Gasteiger charge is 2.26. The first-order valence-electron chi connectivity index (χ1n) is 6.45. The van der Waals surface area contributed by atoms with Crippen molar-refractivity contribution >= 4 is 11.6 Å². The molecule has 2 rings (SSSR count).